The molecule has 0 spiro atoms. The van der Waals surface area contributed by atoms with Gasteiger partial charge in [0.25, 0.3) is 0 Å². The summed E-state index contributed by atoms with van der Waals surface area (Å²) in [4.78, 5) is 4.59. The Hall–Kier alpha value is -0.540. The van der Waals surface area contributed by atoms with Gasteiger partial charge in [0.05, 0.1) is 5.69 Å². The van der Waals surface area contributed by atoms with Crippen molar-refractivity contribution < 1.29 is 0 Å². The van der Waals surface area contributed by atoms with Gasteiger partial charge in [-0.25, -0.2) is 4.98 Å². The fourth-order valence-corrected chi connectivity index (χ4v) is 3.26. The first-order valence-electron chi connectivity index (χ1n) is 6.27. The minimum atomic E-state index is 0.419. The van der Waals surface area contributed by atoms with Crippen molar-refractivity contribution in [2.24, 2.45) is 5.73 Å². The Morgan fingerprint density at radius 3 is 2.75 bits per heavy atom. The number of rotatable bonds is 2. The highest BCUT2D eigenvalue weighted by molar-refractivity contribution is 6.30. The molecule has 1 saturated carbocycles. The summed E-state index contributed by atoms with van der Waals surface area (Å²) in [5.41, 5.74) is 7.02. The minimum absolute atomic E-state index is 0.419. The number of hydrogen-bond acceptors (Lipinski definition) is 2. The topological polar surface area (TPSA) is 43.8 Å². The third kappa shape index (κ3) is 1.49. The number of imidazole rings is 1. The molecule has 16 heavy (non-hydrogen) atoms. The number of nitrogens with two attached hydrogens (primary N) is 1. The van der Waals surface area contributed by atoms with Crippen LogP contribution in [0, 0.1) is 0 Å². The standard InChI is InChI=1S/C12H18ClN3/c13-11-10-9(7-14)5-2-6-16(10)12(15-11)8-3-1-4-8/h8-9H,1-7,14H2. The monoisotopic (exact) mass is 239 g/mol. The summed E-state index contributed by atoms with van der Waals surface area (Å²) in [5.74, 6) is 2.30. The van der Waals surface area contributed by atoms with E-state index >= 15 is 0 Å². The van der Waals surface area contributed by atoms with E-state index in [0.717, 1.165) is 13.0 Å². The molecular formula is C12H18ClN3. The van der Waals surface area contributed by atoms with E-state index in [1.165, 1.54) is 37.2 Å². The van der Waals surface area contributed by atoms with Crippen molar-refractivity contribution in [3.05, 3.63) is 16.7 Å². The van der Waals surface area contributed by atoms with Crippen LogP contribution in [0.2, 0.25) is 5.15 Å². The number of halogens is 1. The molecule has 1 aliphatic carbocycles. The van der Waals surface area contributed by atoms with Crippen molar-refractivity contribution in [1.82, 2.24) is 9.55 Å². The van der Waals surface area contributed by atoms with Gasteiger partial charge >= 0.3 is 0 Å². The molecule has 0 saturated heterocycles. The molecule has 2 N–H and O–H groups in total. The second-order valence-corrected chi connectivity index (χ2v) is 5.36. The maximum atomic E-state index is 6.27. The summed E-state index contributed by atoms with van der Waals surface area (Å²) in [6.07, 6.45) is 6.26. The van der Waals surface area contributed by atoms with Crippen molar-refractivity contribution in [1.29, 1.82) is 0 Å². The van der Waals surface area contributed by atoms with E-state index < -0.39 is 0 Å². The van der Waals surface area contributed by atoms with Crippen LogP contribution in [0.15, 0.2) is 0 Å². The summed E-state index contributed by atoms with van der Waals surface area (Å²) in [7, 11) is 0. The van der Waals surface area contributed by atoms with Crippen molar-refractivity contribution >= 4 is 11.6 Å². The molecule has 88 valence electrons. The van der Waals surface area contributed by atoms with Gasteiger partial charge in [-0.05, 0) is 25.7 Å². The molecule has 1 atom stereocenters. The second kappa shape index (κ2) is 4.04. The normalized spacial score (nSPS) is 25.2. The van der Waals surface area contributed by atoms with Crippen molar-refractivity contribution in [3.63, 3.8) is 0 Å². The zero-order valence-electron chi connectivity index (χ0n) is 9.45. The summed E-state index contributed by atoms with van der Waals surface area (Å²) in [6, 6.07) is 0. The van der Waals surface area contributed by atoms with Crippen molar-refractivity contribution in [2.45, 2.75) is 50.5 Å². The van der Waals surface area contributed by atoms with Crippen LogP contribution < -0.4 is 5.73 Å². The van der Waals surface area contributed by atoms with Gasteiger partial charge in [-0.2, -0.15) is 0 Å². The molecule has 4 heteroatoms. The molecule has 2 heterocycles. The molecule has 1 aromatic heterocycles. The van der Waals surface area contributed by atoms with Gasteiger partial charge in [-0.15, -0.1) is 0 Å². The molecule has 1 fully saturated rings. The predicted octanol–water partition coefficient (Wildman–Crippen LogP) is 2.64. The Bertz CT molecular complexity index is 395. The maximum absolute atomic E-state index is 6.27. The first-order valence-corrected chi connectivity index (χ1v) is 6.65. The first kappa shape index (κ1) is 10.6. The summed E-state index contributed by atoms with van der Waals surface area (Å²) >= 11 is 6.27. The van der Waals surface area contributed by atoms with Gasteiger partial charge in [0.2, 0.25) is 0 Å². The summed E-state index contributed by atoms with van der Waals surface area (Å²) < 4.78 is 2.35. The minimum Gasteiger partial charge on any atom is -0.330 e. The molecule has 1 aliphatic heterocycles. The lowest BCUT2D eigenvalue weighted by atomic mass is 9.84. The Morgan fingerprint density at radius 1 is 1.31 bits per heavy atom. The molecule has 3 rings (SSSR count). The fraction of sp³-hybridized carbons (Fsp3) is 0.750. The molecule has 0 aromatic carbocycles. The Balaban J connectivity index is 2.02. The lowest BCUT2D eigenvalue weighted by Gasteiger charge is -2.29. The molecule has 3 nitrogen and oxygen atoms in total. The first-order chi connectivity index (χ1) is 7.81. The van der Waals surface area contributed by atoms with Gasteiger partial charge in [-0.3, -0.25) is 0 Å². The number of fused-ring (bicyclic) bond motifs is 1. The van der Waals surface area contributed by atoms with Gasteiger partial charge in [0.15, 0.2) is 5.15 Å². The summed E-state index contributed by atoms with van der Waals surface area (Å²) in [5, 5.41) is 0.706. The highest BCUT2D eigenvalue weighted by Gasteiger charge is 2.31. The molecule has 0 amide bonds. The number of nitrogens with zero attached hydrogens (tertiary/aromatic N) is 2. The van der Waals surface area contributed by atoms with Crippen LogP contribution in [-0.4, -0.2) is 16.1 Å². The van der Waals surface area contributed by atoms with Crippen LogP contribution in [0.4, 0.5) is 0 Å². The average Bonchev–Trinajstić information content (AvgIpc) is 2.54. The quantitative estimate of drug-likeness (QED) is 0.862. The van der Waals surface area contributed by atoms with Gasteiger partial charge in [0, 0.05) is 24.9 Å². The molecule has 1 unspecified atom stereocenters. The molecule has 0 radical (unpaired) electrons. The fourth-order valence-electron chi connectivity index (χ4n) is 2.92. The molecule has 0 bridgehead atoms. The van der Waals surface area contributed by atoms with Crippen LogP contribution in [0.5, 0.6) is 0 Å². The maximum Gasteiger partial charge on any atom is 0.150 e. The second-order valence-electron chi connectivity index (χ2n) is 5.00. The highest BCUT2D eigenvalue weighted by atomic mass is 35.5. The van der Waals surface area contributed by atoms with Crippen LogP contribution in [0.25, 0.3) is 0 Å². The largest absolute Gasteiger partial charge is 0.330 e. The van der Waals surface area contributed by atoms with Gasteiger partial charge in [0.1, 0.15) is 5.82 Å². The Morgan fingerprint density at radius 2 is 2.12 bits per heavy atom. The SMILES string of the molecule is NCC1CCCn2c(C3CCC3)nc(Cl)c21. The van der Waals surface area contributed by atoms with Crippen molar-refractivity contribution in [2.75, 3.05) is 6.54 Å². The van der Waals surface area contributed by atoms with Crippen molar-refractivity contribution in [3.8, 4) is 0 Å². The zero-order chi connectivity index (χ0) is 11.1. The van der Waals surface area contributed by atoms with E-state index in [9.17, 15) is 0 Å². The third-order valence-corrected chi connectivity index (χ3v) is 4.35. The van der Waals surface area contributed by atoms with E-state index in [1.54, 1.807) is 0 Å². The number of hydrogen-bond donors (Lipinski definition) is 1. The summed E-state index contributed by atoms with van der Waals surface area (Å²) in [6.45, 7) is 1.77. The van der Waals surface area contributed by atoms with Crippen LogP contribution in [-0.2, 0) is 6.54 Å². The van der Waals surface area contributed by atoms with E-state index in [-0.39, 0.29) is 0 Å². The third-order valence-electron chi connectivity index (χ3n) is 4.07. The lowest BCUT2D eigenvalue weighted by Crippen LogP contribution is -2.24. The Labute approximate surface area is 101 Å². The van der Waals surface area contributed by atoms with Gasteiger partial charge < -0.3 is 10.3 Å². The molecule has 1 aromatic rings. The van der Waals surface area contributed by atoms with Crippen LogP contribution in [0.1, 0.15) is 55.5 Å². The van der Waals surface area contributed by atoms with Crippen LogP contribution >= 0.6 is 11.6 Å². The van der Waals surface area contributed by atoms with Gasteiger partial charge in [-0.1, -0.05) is 18.0 Å². The van der Waals surface area contributed by atoms with E-state index in [4.69, 9.17) is 17.3 Å². The van der Waals surface area contributed by atoms with E-state index in [2.05, 4.69) is 9.55 Å². The highest BCUT2D eigenvalue weighted by Crippen LogP contribution is 2.41. The zero-order valence-corrected chi connectivity index (χ0v) is 10.2. The smallest absolute Gasteiger partial charge is 0.150 e. The van der Waals surface area contributed by atoms with Crippen LogP contribution in [0.3, 0.4) is 0 Å². The number of aromatic nitrogens is 2. The average molecular weight is 240 g/mol. The lowest BCUT2D eigenvalue weighted by molar-refractivity contribution is 0.367. The van der Waals surface area contributed by atoms with E-state index in [0.29, 0.717) is 23.5 Å². The Kier molecular flexibility index (Phi) is 2.68. The predicted molar refractivity (Wildman–Crippen MR) is 64.9 cm³/mol. The molecule has 2 aliphatic rings. The van der Waals surface area contributed by atoms with E-state index in [1.807, 2.05) is 0 Å². The molecular weight excluding hydrogens is 222 g/mol.